The lowest BCUT2D eigenvalue weighted by Gasteiger charge is -2.09. The lowest BCUT2D eigenvalue weighted by atomic mass is 10.0. The van der Waals surface area contributed by atoms with Crippen LogP contribution in [0, 0.1) is 0 Å². The molecule has 0 bridgehead atoms. The molecule has 1 nitrogen and oxygen atoms in total. The Labute approximate surface area is 103 Å². The van der Waals surface area contributed by atoms with Gasteiger partial charge in [0.15, 0.2) is 0 Å². The molecule has 16 heavy (non-hydrogen) atoms. The first-order valence-corrected chi connectivity index (χ1v) is 5.56. The van der Waals surface area contributed by atoms with Crippen LogP contribution in [0.25, 0.3) is 10.1 Å². The van der Waals surface area contributed by atoms with Crippen molar-refractivity contribution in [2.24, 2.45) is 5.73 Å². The van der Waals surface area contributed by atoms with Crippen LogP contribution in [0.1, 0.15) is 18.0 Å². The molecule has 0 saturated heterocycles. The zero-order valence-corrected chi connectivity index (χ0v) is 10.0. The first-order valence-electron chi connectivity index (χ1n) is 4.68. The van der Waals surface area contributed by atoms with E-state index in [1.807, 2.05) is 29.6 Å². The molecular weight excluding hydrogens is 252 g/mol. The van der Waals surface area contributed by atoms with Crippen molar-refractivity contribution in [3.05, 3.63) is 35.2 Å². The highest BCUT2D eigenvalue weighted by Gasteiger charge is 2.16. The molecule has 0 fully saturated rings. The highest BCUT2D eigenvalue weighted by atomic mass is 35.5. The number of benzene rings is 1. The van der Waals surface area contributed by atoms with Gasteiger partial charge in [0.05, 0.1) is 0 Å². The van der Waals surface area contributed by atoms with E-state index in [-0.39, 0.29) is 18.8 Å². The molecule has 2 N–H and O–H groups in total. The van der Waals surface area contributed by atoms with Crippen LogP contribution in [0.15, 0.2) is 29.6 Å². The van der Waals surface area contributed by atoms with E-state index >= 15 is 0 Å². The number of hydrogen-bond donors (Lipinski definition) is 1. The van der Waals surface area contributed by atoms with E-state index in [9.17, 15) is 8.78 Å². The zero-order valence-electron chi connectivity index (χ0n) is 8.40. The van der Waals surface area contributed by atoms with Gasteiger partial charge in [0.1, 0.15) is 0 Å². The number of nitrogens with two attached hydrogens (primary N) is 1. The minimum absolute atomic E-state index is 0. The number of halogens is 3. The van der Waals surface area contributed by atoms with Crippen LogP contribution < -0.4 is 5.73 Å². The maximum absolute atomic E-state index is 12.2. The molecule has 5 heteroatoms. The van der Waals surface area contributed by atoms with E-state index in [0.717, 1.165) is 15.6 Å². The average molecular weight is 264 g/mol. The summed E-state index contributed by atoms with van der Waals surface area (Å²) in [5, 5.41) is 2.87. The molecule has 1 heterocycles. The topological polar surface area (TPSA) is 26.0 Å². The smallest absolute Gasteiger partial charge is 0.240 e. The molecule has 1 aromatic heterocycles. The van der Waals surface area contributed by atoms with Crippen molar-refractivity contribution < 1.29 is 8.78 Å². The monoisotopic (exact) mass is 263 g/mol. The predicted molar refractivity (Wildman–Crippen MR) is 66.6 cm³/mol. The maximum Gasteiger partial charge on any atom is 0.240 e. The minimum atomic E-state index is -2.35. The number of alkyl halides is 2. The van der Waals surface area contributed by atoms with E-state index in [2.05, 4.69) is 0 Å². The SMILES string of the molecule is Cl.N[C@@H](CC(F)F)c1csc2ccccc12. The van der Waals surface area contributed by atoms with Crippen LogP contribution in [0.5, 0.6) is 0 Å². The van der Waals surface area contributed by atoms with Crippen LogP contribution in [0.2, 0.25) is 0 Å². The molecule has 0 aliphatic rings. The van der Waals surface area contributed by atoms with Gasteiger partial charge in [0, 0.05) is 17.2 Å². The quantitative estimate of drug-likeness (QED) is 0.891. The molecule has 0 unspecified atom stereocenters. The Bertz CT molecular complexity index is 458. The minimum Gasteiger partial charge on any atom is -0.324 e. The van der Waals surface area contributed by atoms with Gasteiger partial charge in [0.2, 0.25) is 6.43 Å². The molecule has 1 atom stereocenters. The highest BCUT2D eigenvalue weighted by molar-refractivity contribution is 7.17. The molecule has 0 amide bonds. The zero-order chi connectivity index (χ0) is 10.8. The second-order valence-corrected chi connectivity index (χ2v) is 4.33. The molecule has 1 aromatic carbocycles. The van der Waals surface area contributed by atoms with Crippen LogP contribution in [0.4, 0.5) is 8.78 Å². The first kappa shape index (κ1) is 13.4. The number of hydrogen-bond acceptors (Lipinski definition) is 2. The third-order valence-corrected chi connectivity index (χ3v) is 3.32. The summed E-state index contributed by atoms with van der Waals surface area (Å²) in [5.74, 6) is 0. The van der Waals surface area contributed by atoms with Crippen molar-refractivity contribution in [2.75, 3.05) is 0 Å². The number of thiophene rings is 1. The van der Waals surface area contributed by atoms with E-state index in [1.54, 1.807) is 11.3 Å². The van der Waals surface area contributed by atoms with Crippen LogP contribution in [0.3, 0.4) is 0 Å². The van der Waals surface area contributed by atoms with Gasteiger partial charge in [-0.25, -0.2) is 8.78 Å². The normalized spacial score (nSPS) is 12.8. The van der Waals surface area contributed by atoms with E-state index < -0.39 is 12.5 Å². The van der Waals surface area contributed by atoms with E-state index in [0.29, 0.717) is 0 Å². The Kier molecular flexibility index (Phi) is 4.65. The van der Waals surface area contributed by atoms with E-state index in [4.69, 9.17) is 5.73 Å². The standard InChI is InChI=1S/C11H11F2NS.ClH/c12-11(13)5-9(14)8-6-15-10-4-2-1-3-7(8)10;/h1-4,6,9,11H,5,14H2;1H/t9-;/m0./s1. The summed E-state index contributed by atoms with van der Waals surface area (Å²) in [7, 11) is 0. The lowest BCUT2D eigenvalue weighted by Crippen LogP contribution is -2.13. The van der Waals surface area contributed by atoms with Gasteiger partial charge in [-0.2, -0.15) is 0 Å². The van der Waals surface area contributed by atoms with Gasteiger partial charge in [0.25, 0.3) is 0 Å². The fourth-order valence-electron chi connectivity index (χ4n) is 1.60. The van der Waals surface area contributed by atoms with Gasteiger partial charge < -0.3 is 5.73 Å². The molecule has 2 rings (SSSR count). The van der Waals surface area contributed by atoms with Crippen molar-refractivity contribution in [3.8, 4) is 0 Å². The Morgan fingerprint density at radius 1 is 1.25 bits per heavy atom. The van der Waals surface area contributed by atoms with Crippen molar-refractivity contribution in [1.82, 2.24) is 0 Å². The number of fused-ring (bicyclic) bond motifs is 1. The molecule has 0 aliphatic carbocycles. The molecular formula is C11H12ClF2NS. The summed E-state index contributed by atoms with van der Waals surface area (Å²) < 4.78 is 25.5. The lowest BCUT2D eigenvalue weighted by molar-refractivity contribution is 0.128. The second-order valence-electron chi connectivity index (χ2n) is 3.42. The molecule has 0 saturated carbocycles. The highest BCUT2D eigenvalue weighted by Crippen LogP contribution is 2.31. The Balaban J connectivity index is 0.00000128. The van der Waals surface area contributed by atoms with Crippen molar-refractivity contribution in [3.63, 3.8) is 0 Å². The Hall–Kier alpha value is -0.710. The fraction of sp³-hybridized carbons (Fsp3) is 0.273. The first-order chi connectivity index (χ1) is 7.18. The summed E-state index contributed by atoms with van der Waals surface area (Å²) in [4.78, 5) is 0. The summed E-state index contributed by atoms with van der Waals surface area (Å²) in [5.41, 5.74) is 6.56. The third kappa shape index (κ3) is 2.70. The summed E-state index contributed by atoms with van der Waals surface area (Å²) in [6, 6.07) is 7.15. The van der Waals surface area contributed by atoms with Crippen molar-refractivity contribution in [1.29, 1.82) is 0 Å². The second kappa shape index (κ2) is 5.57. The van der Waals surface area contributed by atoms with E-state index in [1.165, 1.54) is 0 Å². The average Bonchev–Trinajstić information content (AvgIpc) is 2.59. The van der Waals surface area contributed by atoms with Gasteiger partial charge >= 0.3 is 0 Å². The summed E-state index contributed by atoms with van der Waals surface area (Å²) in [6.07, 6.45) is -2.63. The fourth-order valence-corrected chi connectivity index (χ4v) is 2.63. The Morgan fingerprint density at radius 2 is 1.94 bits per heavy atom. The van der Waals surface area contributed by atoms with Crippen LogP contribution in [-0.4, -0.2) is 6.43 Å². The van der Waals surface area contributed by atoms with Crippen molar-refractivity contribution >= 4 is 33.8 Å². The molecule has 2 aromatic rings. The van der Waals surface area contributed by atoms with Gasteiger partial charge in [-0.1, -0.05) is 18.2 Å². The largest absolute Gasteiger partial charge is 0.324 e. The molecule has 0 radical (unpaired) electrons. The van der Waals surface area contributed by atoms with Gasteiger partial charge in [-0.05, 0) is 22.4 Å². The van der Waals surface area contributed by atoms with Crippen LogP contribution >= 0.6 is 23.7 Å². The number of rotatable bonds is 3. The summed E-state index contributed by atoms with van der Waals surface area (Å²) in [6.45, 7) is 0. The Morgan fingerprint density at radius 3 is 2.62 bits per heavy atom. The molecule has 88 valence electrons. The summed E-state index contributed by atoms with van der Waals surface area (Å²) >= 11 is 1.54. The predicted octanol–water partition coefficient (Wildman–Crippen LogP) is 3.98. The molecule has 0 aliphatic heterocycles. The van der Waals surface area contributed by atoms with Crippen molar-refractivity contribution in [2.45, 2.75) is 18.9 Å². The van der Waals surface area contributed by atoms with Gasteiger partial charge in [-0.3, -0.25) is 0 Å². The molecule has 0 spiro atoms. The van der Waals surface area contributed by atoms with Crippen LogP contribution in [-0.2, 0) is 0 Å². The maximum atomic E-state index is 12.2. The van der Waals surface area contributed by atoms with Gasteiger partial charge in [-0.15, -0.1) is 23.7 Å². The third-order valence-electron chi connectivity index (χ3n) is 2.34.